The number of aromatic hydroxyl groups is 1. The number of halogens is 2. The first-order valence-electron chi connectivity index (χ1n) is 2.87. The molecule has 0 aliphatic carbocycles. The Morgan fingerprint density at radius 3 is 2.55 bits per heavy atom. The number of hydrogen-bond donors (Lipinski definition) is 1. The number of phenols is 1. The predicted molar refractivity (Wildman–Crippen MR) is 50.1 cm³/mol. The normalized spacial score (nSPS) is 9.73. The van der Waals surface area contributed by atoms with E-state index in [9.17, 15) is 5.11 Å². The zero-order valence-corrected chi connectivity index (χ0v) is 8.94. The van der Waals surface area contributed by atoms with Gasteiger partial charge in [0.1, 0.15) is 0 Å². The summed E-state index contributed by atoms with van der Waals surface area (Å²) >= 11 is 6.44. The van der Waals surface area contributed by atoms with Gasteiger partial charge >= 0.3 is 0 Å². The van der Waals surface area contributed by atoms with E-state index in [-0.39, 0.29) is 5.75 Å². The number of phenolic OH excluding ortho intramolecular Hbond substituents is 1. The van der Waals surface area contributed by atoms with Crippen LogP contribution in [-0.4, -0.2) is 12.2 Å². The van der Waals surface area contributed by atoms with Gasteiger partial charge in [-0.1, -0.05) is 0 Å². The monoisotopic (exact) mass is 280 g/mol. The Labute approximate surface area is 81.4 Å². The lowest BCUT2D eigenvalue weighted by atomic mass is 10.3. The van der Waals surface area contributed by atoms with E-state index in [0.29, 0.717) is 10.2 Å². The average Bonchev–Trinajstić information content (AvgIpc) is 2.01. The largest absolute Gasteiger partial charge is 0.503 e. The summed E-state index contributed by atoms with van der Waals surface area (Å²) in [6, 6.07) is 3.48. The molecule has 0 saturated heterocycles. The fourth-order valence-corrected chi connectivity index (χ4v) is 1.33. The van der Waals surface area contributed by atoms with Crippen molar-refractivity contribution >= 4 is 31.9 Å². The topological polar surface area (TPSA) is 29.5 Å². The molecular weight excluding hydrogens is 276 g/mol. The van der Waals surface area contributed by atoms with Crippen LogP contribution in [0.3, 0.4) is 0 Å². The smallest absolute Gasteiger partial charge is 0.173 e. The molecule has 2 nitrogen and oxygen atoms in total. The summed E-state index contributed by atoms with van der Waals surface area (Å²) < 4.78 is 6.29. The first kappa shape index (κ1) is 8.87. The maximum absolute atomic E-state index is 9.38. The van der Waals surface area contributed by atoms with Gasteiger partial charge < -0.3 is 9.84 Å². The maximum atomic E-state index is 9.38. The van der Waals surface area contributed by atoms with Crippen molar-refractivity contribution in [3.8, 4) is 11.5 Å². The van der Waals surface area contributed by atoms with Gasteiger partial charge in [0.25, 0.3) is 0 Å². The molecule has 0 spiro atoms. The van der Waals surface area contributed by atoms with E-state index < -0.39 is 0 Å². The van der Waals surface area contributed by atoms with Crippen molar-refractivity contribution < 1.29 is 9.84 Å². The van der Waals surface area contributed by atoms with Gasteiger partial charge in [0, 0.05) is 4.47 Å². The summed E-state index contributed by atoms with van der Waals surface area (Å²) in [6.45, 7) is 0. The molecule has 4 heteroatoms. The summed E-state index contributed by atoms with van der Waals surface area (Å²) in [5.41, 5.74) is 0. The standard InChI is InChI=1S/C7H6Br2O2/c1-11-5-3-2-4(8)6(9)7(5)10/h2-3,10H,1H3. The molecule has 1 rings (SSSR count). The molecule has 0 aliphatic rings. The number of hydrogen-bond acceptors (Lipinski definition) is 2. The van der Waals surface area contributed by atoms with E-state index in [2.05, 4.69) is 31.9 Å². The predicted octanol–water partition coefficient (Wildman–Crippen LogP) is 2.93. The fraction of sp³-hybridized carbons (Fsp3) is 0.143. The summed E-state index contributed by atoms with van der Waals surface area (Å²) in [7, 11) is 1.51. The molecule has 0 amide bonds. The van der Waals surface area contributed by atoms with Crippen LogP contribution in [0.4, 0.5) is 0 Å². The lowest BCUT2D eigenvalue weighted by molar-refractivity contribution is 0.371. The highest BCUT2D eigenvalue weighted by molar-refractivity contribution is 9.13. The third-order valence-electron chi connectivity index (χ3n) is 1.25. The average molecular weight is 282 g/mol. The van der Waals surface area contributed by atoms with Crippen LogP contribution >= 0.6 is 31.9 Å². The summed E-state index contributed by atoms with van der Waals surface area (Å²) in [6.07, 6.45) is 0. The van der Waals surface area contributed by atoms with Gasteiger partial charge in [-0.25, -0.2) is 0 Å². The zero-order valence-electron chi connectivity index (χ0n) is 5.77. The summed E-state index contributed by atoms with van der Waals surface area (Å²) in [5.74, 6) is 0.571. The van der Waals surface area contributed by atoms with Crippen LogP contribution in [0.25, 0.3) is 0 Å². The van der Waals surface area contributed by atoms with E-state index >= 15 is 0 Å². The molecule has 0 aromatic heterocycles. The first-order chi connectivity index (χ1) is 5.16. The summed E-state index contributed by atoms with van der Waals surface area (Å²) in [5, 5.41) is 9.38. The highest BCUT2D eigenvalue weighted by atomic mass is 79.9. The van der Waals surface area contributed by atoms with E-state index in [4.69, 9.17) is 4.74 Å². The maximum Gasteiger partial charge on any atom is 0.173 e. The minimum atomic E-state index is 0.113. The second-order valence-corrected chi connectivity index (χ2v) is 3.56. The lowest BCUT2D eigenvalue weighted by Crippen LogP contribution is -1.83. The Morgan fingerprint density at radius 1 is 1.36 bits per heavy atom. The van der Waals surface area contributed by atoms with Gasteiger partial charge in [0.2, 0.25) is 0 Å². The molecule has 0 unspecified atom stereocenters. The third-order valence-corrected chi connectivity index (χ3v) is 3.25. The van der Waals surface area contributed by atoms with E-state index in [0.717, 1.165) is 4.47 Å². The van der Waals surface area contributed by atoms with Gasteiger partial charge in [-0.15, -0.1) is 0 Å². The quantitative estimate of drug-likeness (QED) is 0.858. The van der Waals surface area contributed by atoms with Crippen molar-refractivity contribution in [1.29, 1.82) is 0 Å². The molecule has 0 fully saturated rings. The molecule has 0 saturated carbocycles. The van der Waals surface area contributed by atoms with E-state index in [1.807, 2.05) is 0 Å². The van der Waals surface area contributed by atoms with Crippen LogP contribution in [0.5, 0.6) is 11.5 Å². The molecular formula is C7H6Br2O2. The molecule has 0 atom stereocenters. The van der Waals surface area contributed by atoms with Crippen molar-refractivity contribution in [3.05, 3.63) is 21.1 Å². The second-order valence-electron chi connectivity index (χ2n) is 1.91. The molecule has 1 aromatic carbocycles. The molecule has 1 aromatic rings. The second kappa shape index (κ2) is 3.45. The zero-order chi connectivity index (χ0) is 8.43. The van der Waals surface area contributed by atoms with Crippen LogP contribution < -0.4 is 4.74 Å². The number of rotatable bonds is 1. The Hall–Kier alpha value is -0.220. The van der Waals surface area contributed by atoms with Gasteiger partial charge in [0.05, 0.1) is 11.6 Å². The van der Waals surface area contributed by atoms with Crippen molar-refractivity contribution in [3.63, 3.8) is 0 Å². The molecule has 0 aliphatic heterocycles. The minimum Gasteiger partial charge on any atom is -0.503 e. The number of benzene rings is 1. The van der Waals surface area contributed by atoms with Crippen LogP contribution in [0.15, 0.2) is 21.1 Å². The van der Waals surface area contributed by atoms with Gasteiger partial charge in [0.15, 0.2) is 11.5 Å². The lowest BCUT2D eigenvalue weighted by Gasteiger charge is -2.05. The van der Waals surface area contributed by atoms with Crippen molar-refractivity contribution in [2.75, 3.05) is 7.11 Å². The van der Waals surface area contributed by atoms with Crippen LogP contribution in [0, 0.1) is 0 Å². The first-order valence-corrected chi connectivity index (χ1v) is 4.46. The Bertz CT molecular complexity index is 273. The molecule has 11 heavy (non-hydrogen) atoms. The van der Waals surface area contributed by atoms with Gasteiger partial charge in [-0.3, -0.25) is 0 Å². The van der Waals surface area contributed by atoms with Gasteiger partial charge in [-0.05, 0) is 44.0 Å². The van der Waals surface area contributed by atoms with Crippen molar-refractivity contribution in [1.82, 2.24) is 0 Å². The van der Waals surface area contributed by atoms with E-state index in [1.54, 1.807) is 12.1 Å². The molecule has 0 radical (unpaired) electrons. The Morgan fingerprint density at radius 2 is 2.00 bits per heavy atom. The third kappa shape index (κ3) is 1.68. The Balaban J connectivity index is 3.25. The highest BCUT2D eigenvalue weighted by Gasteiger charge is 2.07. The highest BCUT2D eigenvalue weighted by Crippen LogP contribution is 2.38. The summed E-state index contributed by atoms with van der Waals surface area (Å²) in [4.78, 5) is 0. The SMILES string of the molecule is COc1ccc(Br)c(Br)c1O. The molecule has 60 valence electrons. The van der Waals surface area contributed by atoms with Gasteiger partial charge in [-0.2, -0.15) is 0 Å². The van der Waals surface area contributed by atoms with Crippen LogP contribution in [-0.2, 0) is 0 Å². The number of methoxy groups -OCH3 is 1. The molecule has 0 bridgehead atoms. The molecule has 0 heterocycles. The van der Waals surface area contributed by atoms with Crippen LogP contribution in [0.1, 0.15) is 0 Å². The van der Waals surface area contributed by atoms with Crippen LogP contribution in [0.2, 0.25) is 0 Å². The van der Waals surface area contributed by atoms with E-state index in [1.165, 1.54) is 7.11 Å². The fourth-order valence-electron chi connectivity index (χ4n) is 0.687. The Kier molecular flexibility index (Phi) is 2.78. The van der Waals surface area contributed by atoms with Crippen molar-refractivity contribution in [2.45, 2.75) is 0 Å². The minimum absolute atomic E-state index is 0.113. The molecule has 1 N–H and O–H groups in total. The number of ether oxygens (including phenoxy) is 1. The van der Waals surface area contributed by atoms with Crippen molar-refractivity contribution in [2.24, 2.45) is 0 Å².